The minimum absolute atomic E-state index is 0.184. The van der Waals surface area contributed by atoms with Crippen LogP contribution in [-0.2, 0) is 6.61 Å². The van der Waals surface area contributed by atoms with E-state index >= 15 is 0 Å². The van der Waals surface area contributed by atoms with Crippen molar-refractivity contribution in [3.05, 3.63) is 83.9 Å². The molecule has 194 valence electrons. The van der Waals surface area contributed by atoms with Crippen LogP contribution >= 0.6 is 11.9 Å². The second kappa shape index (κ2) is 12.2. The zero-order valence-electron chi connectivity index (χ0n) is 21.2. The lowest BCUT2D eigenvalue weighted by Crippen LogP contribution is -2.19. The molecule has 1 aliphatic rings. The minimum Gasteiger partial charge on any atom is -0.490 e. The molecule has 0 amide bonds. The summed E-state index contributed by atoms with van der Waals surface area (Å²) < 4.78 is 28.1. The number of ether oxygens (including phenoxy) is 2. The normalized spacial score (nSPS) is 16.0. The van der Waals surface area contributed by atoms with E-state index in [2.05, 4.69) is 31.8 Å². The van der Waals surface area contributed by atoms with Gasteiger partial charge in [0.05, 0.1) is 11.1 Å². The second-order valence-corrected chi connectivity index (χ2v) is 9.96. The fraction of sp³-hybridized carbons (Fsp3) is 0.267. The highest BCUT2D eigenvalue weighted by Gasteiger charge is 2.18. The smallest absolute Gasteiger partial charge is 0.141 e. The summed E-state index contributed by atoms with van der Waals surface area (Å²) in [5.74, 6) is 4.39. The third kappa shape index (κ3) is 6.36. The van der Waals surface area contributed by atoms with Crippen LogP contribution in [0.15, 0.2) is 67.0 Å². The first-order valence-electron chi connectivity index (χ1n) is 12.6. The number of halogens is 1. The number of hydrogen-bond donors (Lipinski definition) is 1. The zero-order valence-corrected chi connectivity index (χ0v) is 22.0. The molecule has 1 fully saturated rings. The number of fused-ring (bicyclic) bond motifs is 1. The lowest BCUT2D eigenvalue weighted by atomic mass is 10.1. The molecule has 1 unspecified atom stereocenters. The van der Waals surface area contributed by atoms with Gasteiger partial charge >= 0.3 is 0 Å². The Morgan fingerprint density at radius 1 is 1.11 bits per heavy atom. The standard InChI is InChI=1S/C30H29FN4O2S/c1-3-22-17-24(9-12-29(22)36-19-21-6-4-7-23(31)16-21)34-30-27-18-26(10-11-28(27)32-20-33-30)37-25-8-5-14-35(38-2)15-13-25/h1,4,6-7,9-12,16-18,20,25H,5,8,13-15,19H2,2H3,(H,32,33,34). The third-order valence-electron chi connectivity index (χ3n) is 6.48. The van der Waals surface area contributed by atoms with Gasteiger partial charge < -0.3 is 14.8 Å². The van der Waals surface area contributed by atoms with Crippen molar-refractivity contribution in [1.29, 1.82) is 0 Å². The van der Waals surface area contributed by atoms with Gasteiger partial charge in [-0.15, -0.1) is 6.42 Å². The number of nitrogens with one attached hydrogen (secondary N) is 1. The Bertz CT molecular complexity index is 1460. The van der Waals surface area contributed by atoms with Gasteiger partial charge in [0.1, 0.15) is 42.2 Å². The highest BCUT2D eigenvalue weighted by molar-refractivity contribution is 7.96. The third-order valence-corrected chi connectivity index (χ3v) is 7.36. The van der Waals surface area contributed by atoms with Crippen molar-refractivity contribution in [2.45, 2.75) is 32.0 Å². The predicted octanol–water partition coefficient (Wildman–Crippen LogP) is 6.58. The van der Waals surface area contributed by atoms with E-state index in [1.807, 2.05) is 36.4 Å². The van der Waals surface area contributed by atoms with Crippen molar-refractivity contribution in [3.63, 3.8) is 0 Å². The number of rotatable bonds is 8. The molecule has 1 aromatic heterocycles. The Hall–Kier alpha value is -3.80. The summed E-state index contributed by atoms with van der Waals surface area (Å²) in [7, 11) is 0. The van der Waals surface area contributed by atoms with E-state index in [1.165, 1.54) is 18.5 Å². The summed E-state index contributed by atoms with van der Waals surface area (Å²) in [6.45, 7) is 2.33. The molecule has 38 heavy (non-hydrogen) atoms. The SMILES string of the molecule is C#Cc1cc(Nc2ncnc3ccc(OC4CCCN(SC)CC4)cc23)ccc1OCc1cccc(F)c1. The van der Waals surface area contributed by atoms with E-state index in [0.717, 1.165) is 60.3 Å². The summed E-state index contributed by atoms with van der Waals surface area (Å²) in [4.78, 5) is 8.90. The van der Waals surface area contributed by atoms with Gasteiger partial charge in [0.2, 0.25) is 0 Å². The summed E-state index contributed by atoms with van der Waals surface area (Å²) in [5.41, 5.74) is 2.90. The van der Waals surface area contributed by atoms with Gasteiger partial charge in [0, 0.05) is 24.2 Å². The number of hydrogen-bond acceptors (Lipinski definition) is 7. The largest absolute Gasteiger partial charge is 0.490 e. The molecule has 1 aliphatic heterocycles. The summed E-state index contributed by atoms with van der Waals surface area (Å²) >= 11 is 1.80. The molecule has 0 saturated carbocycles. The summed E-state index contributed by atoms with van der Waals surface area (Å²) in [5, 5.41) is 4.23. The average molecular weight is 529 g/mol. The maximum Gasteiger partial charge on any atom is 0.141 e. The van der Waals surface area contributed by atoms with Crippen LogP contribution in [0.5, 0.6) is 11.5 Å². The van der Waals surface area contributed by atoms with Gasteiger partial charge in [0.25, 0.3) is 0 Å². The van der Waals surface area contributed by atoms with Crippen molar-refractivity contribution in [2.24, 2.45) is 0 Å². The molecule has 0 radical (unpaired) electrons. The molecule has 8 heteroatoms. The minimum atomic E-state index is -0.301. The van der Waals surface area contributed by atoms with Crippen molar-refractivity contribution < 1.29 is 13.9 Å². The van der Waals surface area contributed by atoms with E-state index in [1.54, 1.807) is 24.1 Å². The first-order valence-corrected chi connectivity index (χ1v) is 13.7. The van der Waals surface area contributed by atoms with Crippen LogP contribution in [0.2, 0.25) is 0 Å². The molecular formula is C30H29FN4O2S. The van der Waals surface area contributed by atoms with Crippen molar-refractivity contribution >= 4 is 34.4 Å². The summed E-state index contributed by atoms with van der Waals surface area (Å²) in [6, 6.07) is 17.7. The lowest BCUT2D eigenvalue weighted by Gasteiger charge is -2.18. The van der Waals surface area contributed by atoms with Crippen molar-refractivity contribution in [2.75, 3.05) is 24.7 Å². The molecule has 0 bridgehead atoms. The van der Waals surface area contributed by atoms with Crippen LogP contribution in [0.4, 0.5) is 15.9 Å². The second-order valence-electron chi connectivity index (χ2n) is 9.08. The Labute approximate surface area is 226 Å². The van der Waals surface area contributed by atoms with Crippen LogP contribution in [-0.4, -0.2) is 39.7 Å². The first kappa shape index (κ1) is 25.8. The van der Waals surface area contributed by atoms with E-state index in [0.29, 0.717) is 17.1 Å². The van der Waals surface area contributed by atoms with Crippen LogP contribution in [0.1, 0.15) is 30.4 Å². The lowest BCUT2D eigenvalue weighted by molar-refractivity contribution is 0.186. The maximum absolute atomic E-state index is 13.5. The number of anilines is 2. The van der Waals surface area contributed by atoms with Gasteiger partial charge in [-0.3, -0.25) is 4.31 Å². The Balaban J connectivity index is 1.32. The Morgan fingerprint density at radius 3 is 2.87 bits per heavy atom. The van der Waals surface area contributed by atoms with Crippen molar-refractivity contribution in [1.82, 2.24) is 14.3 Å². The zero-order chi connectivity index (χ0) is 26.3. The van der Waals surface area contributed by atoms with Crippen LogP contribution in [0.25, 0.3) is 10.9 Å². The predicted molar refractivity (Wildman–Crippen MR) is 151 cm³/mol. The number of terminal acetylenes is 1. The molecule has 1 atom stereocenters. The van der Waals surface area contributed by atoms with Gasteiger partial charge in [-0.05, 0) is 79.6 Å². The Kier molecular flexibility index (Phi) is 8.27. The molecule has 1 N–H and O–H groups in total. The topological polar surface area (TPSA) is 59.5 Å². The molecule has 0 aliphatic carbocycles. The highest BCUT2D eigenvalue weighted by Crippen LogP contribution is 2.30. The van der Waals surface area contributed by atoms with E-state index in [9.17, 15) is 4.39 Å². The quantitative estimate of drug-likeness (QED) is 0.205. The molecule has 5 rings (SSSR count). The van der Waals surface area contributed by atoms with E-state index in [4.69, 9.17) is 15.9 Å². The van der Waals surface area contributed by atoms with Crippen LogP contribution in [0, 0.1) is 18.2 Å². The number of benzene rings is 3. The van der Waals surface area contributed by atoms with Gasteiger partial charge in [-0.1, -0.05) is 30.0 Å². The molecule has 0 spiro atoms. The van der Waals surface area contributed by atoms with E-state index in [-0.39, 0.29) is 18.5 Å². The first-order chi connectivity index (χ1) is 18.6. The van der Waals surface area contributed by atoms with Crippen molar-refractivity contribution in [3.8, 4) is 23.8 Å². The van der Waals surface area contributed by atoms with Gasteiger partial charge in [-0.25, -0.2) is 14.4 Å². The molecule has 4 aromatic rings. The van der Waals surface area contributed by atoms with E-state index < -0.39 is 0 Å². The molecule has 3 aromatic carbocycles. The monoisotopic (exact) mass is 528 g/mol. The fourth-order valence-electron chi connectivity index (χ4n) is 4.51. The molecule has 6 nitrogen and oxygen atoms in total. The molecule has 1 saturated heterocycles. The molecule has 2 heterocycles. The van der Waals surface area contributed by atoms with Gasteiger partial charge in [-0.2, -0.15) is 0 Å². The highest BCUT2D eigenvalue weighted by atomic mass is 32.2. The molecular weight excluding hydrogens is 499 g/mol. The fourth-order valence-corrected chi connectivity index (χ4v) is 5.11. The van der Waals surface area contributed by atoms with Crippen LogP contribution in [0.3, 0.4) is 0 Å². The Morgan fingerprint density at radius 2 is 2.03 bits per heavy atom. The average Bonchev–Trinajstić information content (AvgIpc) is 3.17. The summed E-state index contributed by atoms with van der Waals surface area (Å²) in [6.07, 6.45) is 12.8. The number of nitrogens with zero attached hydrogens (tertiary/aromatic N) is 3. The maximum atomic E-state index is 13.5. The van der Waals surface area contributed by atoms with Gasteiger partial charge in [0.15, 0.2) is 0 Å². The van der Waals surface area contributed by atoms with Crippen LogP contribution < -0.4 is 14.8 Å². The number of aromatic nitrogens is 2.